The zero-order valence-corrected chi connectivity index (χ0v) is 5.81. The van der Waals surface area contributed by atoms with Gasteiger partial charge in [-0.3, -0.25) is 0 Å². The summed E-state index contributed by atoms with van der Waals surface area (Å²) in [6.07, 6.45) is -0.0139. The van der Waals surface area contributed by atoms with Gasteiger partial charge in [-0.05, 0) is 13.8 Å². The Morgan fingerprint density at radius 2 is 2.33 bits per heavy atom. The molecule has 0 aromatic carbocycles. The van der Waals surface area contributed by atoms with Gasteiger partial charge in [0.05, 0.1) is 6.61 Å². The molecule has 0 aromatic rings. The number of ether oxygens (including phenoxy) is 2. The molecule has 0 bridgehead atoms. The van der Waals surface area contributed by atoms with E-state index in [0.29, 0.717) is 13.2 Å². The van der Waals surface area contributed by atoms with Crippen LogP contribution in [0.5, 0.6) is 0 Å². The maximum Gasteiger partial charge on any atom is 0.172 e. The molecule has 1 fully saturated rings. The van der Waals surface area contributed by atoms with Crippen molar-refractivity contribution in [2.75, 3.05) is 13.2 Å². The van der Waals surface area contributed by atoms with Crippen LogP contribution in [0.1, 0.15) is 13.8 Å². The summed E-state index contributed by atoms with van der Waals surface area (Å²) in [5.74, 6) is -0.453. The topological polar surface area (TPSA) is 41.4 Å². The van der Waals surface area contributed by atoms with Crippen LogP contribution in [-0.2, 0) is 9.47 Å². The molecule has 1 aliphatic rings. The first-order valence-corrected chi connectivity index (χ1v) is 3.10. The quantitative estimate of drug-likeness (QED) is 0.467. The average Bonchev–Trinajstić information content (AvgIpc) is 2.10. The van der Waals surface area contributed by atoms with E-state index in [4.69, 9.17) is 14.6 Å². The standard InChI is InChI=1S/C6H12O3/c1-6(2)8-4-5(3-7)9-6/h5,7H,3-4H2,1-2H3/p+1. The van der Waals surface area contributed by atoms with Crippen LogP contribution in [0.4, 0.5) is 0 Å². The summed E-state index contributed by atoms with van der Waals surface area (Å²) in [6, 6.07) is 0. The third-order valence-electron chi connectivity index (χ3n) is 1.29. The Morgan fingerprint density at radius 3 is 2.56 bits per heavy atom. The molecule has 0 saturated carbocycles. The smallest absolute Gasteiger partial charge is 0.172 e. The Labute approximate surface area is 54.6 Å². The maximum atomic E-state index is 6.97. The lowest BCUT2D eigenvalue weighted by molar-refractivity contribution is -0.142. The fourth-order valence-electron chi connectivity index (χ4n) is 0.864. The third-order valence-corrected chi connectivity index (χ3v) is 1.29. The van der Waals surface area contributed by atoms with Crippen LogP contribution in [-0.4, -0.2) is 30.2 Å². The van der Waals surface area contributed by atoms with Gasteiger partial charge in [0, 0.05) is 0 Å². The summed E-state index contributed by atoms with van der Waals surface area (Å²) >= 11 is 0. The summed E-state index contributed by atoms with van der Waals surface area (Å²) in [6.45, 7) is 4.59. The van der Waals surface area contributed by atoms with Crippen molar-refractivity contribution < 1.29 is 14.6 Å². The van der Waals surface area contributed by atoms with Crippen LogP contribution in [0.3, 0.4) is 0 Å². The summed E-state index contributed by atoms with van der Waals surface area (Å²) in [7, 11) is 0. The molecular formula is C6H13O3+. The van der Waals surface area contributed by atoms with Crippen molar-refractivity contribution in [2.45, 2.75) is 25.7 Å². The molecule has 1 unspecified atom stereocenters. The van der Waals surface area contributed by atoms with E-state index in [0.717, 1.165) is 0 Å². The molecule has 2 N–H and O–H groups in total. The van der Waals surface area contributed by atoms with Gasteiger partial charge in [0.1, 0.15) is 0 Å². The van der Waals surface area contributed by atoms with Crippen molar-refractivity contribution in [2.24, 2.45) is 0 Å². The summed E-state index contributed by atoms with van der Waals surface area (Å²) in [5, 5.41) is 6.97. The minimum atomic E-state index is -0.453. The van der Waals surface area contributed by atoms with Gasteiger partial charge >= 0.3 is 0 Å². The monoisotopic (exact) mass is 133 g/mol. The number of rotatable bonds is 1. The molecule has 3 nitrogen and oxygen atoms in total. The van der Waals surface area contributed by atoms with E-state index in [1.165, 1.54) is 0 Å². The highest BCUT2D eigenvalue weighted by molar-refractivity contribution is 4.69. The van der Waals surface area contributed by atoms with Gasteiger partial charge in [0.15, 0.2) is 18.5 Å². The molecule has 0 aromatic heterocycles. The Hall–Kier alpha value is -0.120. The second-order valence-corrected chi connectivity index (χ2v) is 2.65. The lowest BCUT2D eigenvalue weighted by Gasteiger charge is -2.15. The highest BCUT2D eigenvalue weighted by atomic mass is 16.7. The number of hydrogen-bond acceptors (Lipinski definition) is 2. The Morgan fingerprint density at radius 1 is 1.67 bits per heavy atom. The Balaban J connectivity index is 2.38. The first-order chi connectivity index (χ1) is 4.14. The Bertz CT molecular complexity index is 100. The van der Waals surface area contributed by atoms with Crippen molar-refractivity contribution >= 4 is 0 Å². The molecule has 0 aliphatic carbocycles. The average molecular weight is 133 g/mol. The predicted molar refractivity (Wildman–Crippen MR) is 33.4 cm³/mol. The second kappa shape index (κ2) is 2.25. The fourth-order valence-corrected chi connectivity index (χ4v) is 0.864. The predicted octanol–water partition coefficient (Wildman–Crippen LogP) is -0.137. The van der Waals surface area contributed by atoms with Crippen molar-refractivity contribution in [1.29, 1.82) is 0 Å². The van der Waals surface area contributed by atoms with Crippen molar-refractivity contribution in [1.82, 2.24) is 0 Å². The van der Waals surface area contributed by atoms with Gasteiger partial charge < -0.3 is 14.6 Å². The molecule has 9 heavy (non-hydrogen) atoms. The normalized spacial score (nSPS) is 33.0. The van der Waals surface area contributed by atoms with E-state index in [-0.39, 0.29) is 6.10 Å². The first kappa shape index (κ1) is 6.99. The third kappa shape index (κ3) is 1.64. The van der Waals surface area contributed by atoms with Crippen LogP contribution in [0.15, 0.2) is 0 Å². The van der Waals surface area contributed by atoms with Crippen molar-refractivity contribution in [3.05, 3.63) is 0 Å². The largest absolute Gasteiger partial charge is 0.443 e. The van der Waals surface area contributed by atoms with Crippen LogP contribution in [0.2, 0.25) is 0 Å². The summed E-state index contributed by atoms with van der Waals surface area (Å²) in [4.78, 5) is 0. The van der Waals surface area contributed by atoms with E-state index in [1.54, 1.807) is 0 Å². The molecule has 3 heteroatoms. The van der Waals surface area contributed by atoms with E-state index in [9.17, 15) is 0 Å². The molecule has 0 spiro atoms. The minimum absolute atomic E-state index is 0.0139. The zero-order chi connectivity index (χ0) is 6.91. The van der Waals surface area contributed by atoms with Crippen LogP contribution in [0, 0.1) is 0 Å². The van der Waals surface area contributed by atoms with Gasteiger partial charge in [-0.25, -0.2) is 0 Å². The zero-order valence-electron chi connectivity index (χ0n) is 5.81. The van der Waals surface area contributed by atoms with Gasteiger partial charge in [-0.2, -0.15) is 0 Å². The van der Waals surface area contributed by atoms with E-state index in [2.05, 4.69) is 0 Å². The van der Waals surface area contributed by atoms with Gasteiger partial charge in [0.25, 0.3) is 0 Å². The highest BCUT2D eigenvalue weighted by Gasteiger charge is 2.33. The molecule has 1 rings (SSSR count). The highest BCUT2D eigenvalue weighted by Crippen LogP contribution is 2.21. The summed E-state index contributed by atoms with van der Waals surface area (Å²) < 4.78 is 10.5. The molecule has 54 valence electrons. The molecular weight excluding hydrogens is 120 g/mol. The summed E-state index contributed by atoms with van der Waals surface area (Å²) in [5.41, 5.74) is 0. The van der Waals surface area contributed by atoms with Crippen molar-refractivity contribution in [3.8, 4) is 0 Å². The Kier molecular flexibility index (Phi) is 1.75. The minimum Gasteiger partial charge on any atom is -0.443 e. The van der Waals surface area contributed by atoms with Gasteiger partial charge in [0.2, 0.25) is 0 Å². The van der Waals surface area contributed by atoms with Crippen molar-refractivity contribution in [3.63, 3.8) is 0 Å². The van der Waals surface area contributed by atoms with Crippen LogP contribution < -0.4 is 0 Å². The lowest BCUT2D eigenvalue weighted by atomic mass is 10.4. The molecule has 1 heterocycles. The molecule has 1 aliphatic heterocycles. The molecule has 0 amide bonds. The van der Waals surface area contributed by atoms with Crippen LogP contribution in [0.25, 0.3) is 0 Å². The first-order valence-electron chi connectivity index (χ1n) is 3.10. The fraction of sp³-hybridized carbons (Fsp3) is 1.00. The van der Waals surface area contributed by atoms with E-state index in [1.807, 2.05) is 13.8 Å². The van der Waals surface area contributed by atoms with Gasteiger partial charge in [-0.1, -0.05) is 0 Å². The van der Waals surface area contributed by atoms with E-state index >= 15 is 0 Å². The van der Waals surface area contributed by atoms with E-state index < -0.39 is 5.79 Å². The molecule has 0 radical (unpaired) electrons. The molecule has 1 atom stereocenters. The lowest BCUT2D eigenvalue weighted by Crippen LogP contribution is -2.22. The van der Waals surface area contributed by atoms with Gasteiger partial charge in [-0.15, -0.1) is 0 Å². The maximum absolute atomic E-state index is 6.97. The SMILES string of the molecule is CC1(C)OCC(C[OH2+])O1. The number of hydrogen-bond donors (Lipinski definition) is 0. The molecule has 1 saturated heterocycles. The second-order valence-electron chi connectivity index (χ2n) is 2.65. The van der Waals surface area contributed by atoms with Crippen LogP contribution >= 0.6 is 0 Å².